The Morgan fingerprint density at radius 1 is 1.08 bits per heavy atom. The highest BCUT2D eigenvalue weighted by Gasteiger charge is 2.11. The molecule has 0 heterocycles. The molecule has 1 N–H and O–H groups in total. The summed E-state index contributed by atoms with van der Waals surface area (Å²) in [6.07, 6.45) is 0. The zero-order valence-corrected chi connectivity index (χ0v) is 15.1. The maximum Gasteiger partial charge on any atom is 0.337 e. The fourth-order valence-corrected chi connectivity index (χ4v) is 2.70. The number of anilines is 2. The second-order valence-electron chi connectivity index (χ2n) is 5.95. The molecule has 0 aromatic heterocycles. The van der Waals surface area contributed by atoms with Crippen LogP contribution in [-0.2, 0) is 4.74 Å². The van der Waals surface area contributed by atoms with E-state index in [0.29, 0.717) is 22.9 Å². The lowest BCUT2D eigenvalue weighted by molar-refractivity contribution is 0.0600. The van der Waals surface area contributed by atoms with Gasteiger partial charge in [-0.25, -0.2) is 4.79 Å². The fourth-order valence-electron chi connectivity index (χ4n) is 2.70. The first-order valence-corrected chi connectivity index (χ1v) is 8.32. The lowest BCUT2D eigenvalue weighted by Crippen LogP contribution is -2.30. The topological polar surface area (TPSA) is 58.6 Å². The monoisotopic (exact) mass is 340 g/mol. The van der Waals surface area contributed by atoms with E-state index in [2.05, 4.69) is 31.0 Å². The smallest absolute Gasteiger partial charge is 0.337 e. The molecule has 1 amide bonds. The van der Waals surface area contributed by atoms with Crippen LogP contribution in [0, 0.1) is 0 Å². The number of carbonyl (C=O) groups excluding carboxylic acids is 2. The van der Waals surface area contributed by atoms with Crippen LogP contribution in [0.15, 0.2) is 48.5 Å². The van der Waals surface area contributed by atoms with E-state index < -0.39 is 5.97 Å². The third kappa shape index (κ3) is 4.59. The molecule has 0 radical (unpaired) electrons. The fraction of sp³-hybridized carbons (Fsp3) is 0.300. The summed E-state index contributed by atoms with van der Waals surface area (Å²) in [5.41, 5.74) is 2.59. The zero-order valence-electron chi connectivity index (χ0n) is 15.1. The predicted molar refractivity (Wildman–Crippen MR) is 100 cm³/mol. The molecule has 0 atom stereocenters. The zero-order chi connectivity index (χ0) is 18.4. The van der Waals surface area contributed by atoms with E-state index in [1.807, 2.05) is 12.1 Å². The summed E-state index contributed by atoms with van der Waals surface area (Å²) in [4.78, 5) is 26.2. The Labute approximate surface area is 148 Å². The van der Waals surface area contributed by atoms with Gasteiger partial charge >= 0.3 is 5.97 Å². The van der Waals surface area contributed by atoms with Crippen molar-refractivity contribution in [3.05, 3.63) is 59.7 Å². The van der Waals surface area contributed by atoms with Gasteiger partial charge in [0.2, 0.25) is 0 Å². The van der Waals surface area contributed by atoms with E-state index in [1.165, 1.54) is 7.11 Å². The van der Waals surface area contributed by atoms with Crippen molar-refractivity contribution in [1.82, 2.24) is 0 Å². The average Bonchev–Trinajstić information content (AvgIpc) is 2.62. The molecule has 0 saturated carbocycles. The summed E-state index contributed by atoms with van der Waals surface area (Å²) in [6.45, 7) is 7.29. The van der Waals surface area contributed by atoms with E-state index in [4.69, 9.17) is 4.74 Å². The number of nitrogens with zero attached hydrogens (tertiary/aromatic N) is 1. The van der Waals surface area contributed by atoms with E-state index in [-0.39, 0.29) is 5.91 Å². The van der Waals surface area contributed by atoms with E-state index in [0.717, 1.165) is 12.2 Å². The Balaban J connectivity index is 2.12. The van der Waals surface area contributed by atoms with Crippen LogP contribution in [0.3, 0.4) is 0 Å². The Kier molecular flexibility index (Phi) is 6.17. The molecule has 5 nitrogen and oxygen atoms in total. The second kappa shape index (κ2) is 8.33. The number of carbonyl (C=O) groups is 2. The quantitative estimate of drug-likeness (QED) is 0.809. The van der Waals surface area contributed by atoms with Crippen LogP contribution in [0.2, 0.25) is 0 Å². The number of ether oxygens (including phenoxy) is 1. The molecule has 0 saturated heterocycles. The van der Waals surface area contributed by atoms with Gasteiger partial charge in [-0.15, -0.1) is 0 Å². The maximum atomic E-state index is 12.4. The number of esters is 1. The highest BCUT2D eigenvalue weighted by Crippen LogP contribution is 2.19. The van der Waals surface area contributed by atoms with Crippen LogP contribution in [0.1, 0.15) is 41.5 Å². The van der Waals surface area contributed by atoms with Gasteiger partial charge < -0.3 is 15.0 Å². The molecule has 0 spiro atoms. The summed E-state index contributed by atoms with van der Waals surface area (Å²) >= 11 is 0. The highest BCUT2D eigenvalue weighted by atomic mass is 16.5. The van der Waals surface area contributed by atoms with Gasteiger partial charge in [-0.2, -0.15) is 0 Å². The van der Waals surface area contributed by atoms with Gasteiger partial charge in [0.05, 0.1) is 12.7 Å². The molecule has 2 aromatic carbocycles. The largest absolute Gasteiger partial charge is 0.465 e. The van der Waals surface area contributed by atoms with E-state index in [1.54, 1.807) is 36.4 Å². The third-order valence-corrected chi connectivity index (χ3v) is 3.97. The number of rotatable bonds is 6. The minimum Gasteiger partial charge on any atom is -0.465 e. The van der Waals surface area contributed by atoms with Crippen LogP contribution >= 0.6 is 0 Å². The molecular formula is C20H24N2O3. The maximum absolute atomic E-state index is 12.4. The van der Waals surface area contributed by atoms with Gasteiger partial charge in [-0.1, -0.05) is 6.07 Å². The number of amides is 1. The summed E-state index contributed by atoms with van der Waals surface area (Å²) < 4.78 is 4.69. The Hall–Kier alpha value is -2.82. The molecule has 5 heteroatoms. The molecular weight excluding hydrogens is 316 g/mol. The lowest BCUT2D eigenvalue weighted by Gasteiger charge is -2.27. The minimum absolute atomic E-state index is 0.221. The number of hydrogen-bond donors (Lipinski definition) is 1. The number of benzene rings is 2. The predicted octanol–water partition coefficient (Wildman–Crippen LogP) is 3.96. The normalized spacial score (nSPS) is 10.4. The molecule has 0 fully saturated rings. The van der Waals surface area contributed by atoms with Crippen LogP contribution in [0.5, 0.6) is 0 Å². The molecule has 0 aliphatic heterocycles. The first-order chi connectivity index (χ1) is 12.0. The van der Waals surface area contributed by atoms with Crippen molar-refractivity contribution in [2.75, 3.05) is 23.9 Å². The summed E-state index contributed by atoms with van der Waals surface area (Å²) in [7, 11) is 1.33. The summed E-state index contributed by atoms with van der Waals surface area (Å²) in [5.74, 6) is -0.657. The van der Waals surface area contributed by atoms with E-state index >= 15 is 0 Å². The summed E-state index contributed by atoms with van der Waals surface area (Å²) in [5, 5.41) is 2.80. The Morgan fingerprint density at radius 2 is 1.76 bits per heavy atom. The van der Waals surface area contributed by atoms with Crippen molar-refractivity contribution in [3.63, 3.8) is 0 Å². The molecule has 132 valence electrons. The van der Waals surface area contributed by atoms with Gasteiger partial charge in [0.15, 0.2) is 0 Å². The first-order valence-electron chi connectivity index (χ1n) is 8.32. The van der Waals surface area contributed by atoms with Gasteiger partial charge in [0.1, 0.15) is 0 Å². The first kappa shape index (κ1) is 18.5. The van der Waals surface area contributed by atoms with Gasteiger partial charge in [-0.3, -0.25) is 4.79 Å². The van der Waals surface area contributed by atoms with Gasteiger partial charge in [0, 0.05) is 29.5 Å². The van der Waals surface area contributed by atoms with Gasteiger partial charge in [0.25, 0.3) is 5.91 Å². The van der Waals surface area contributed by atoms with Crippen molar-refractivity contribution in [2.24, 2.45) is 0 Å². The SMILES string of the molecule is CCN(c1ccc(C(=O)Nc2cccc(C(=O)OC)c2)cc1)C(C)C. The molecule has 2 rings (SSSR count). The van der Waals surface area contributed by atoms with E-state index in [9.17, 15) is 9.59 Å². The molecule has 25 heavy (non-hydrogen) atoms. The van der Waals surface area contributed by atoms with Crippen molar-refractivity contribution in [2.45, 2.75) is 26.8 Å². The molecule has 0 aliphatic rings. The average molecular weight is 340 g/mol. The minimum atomic E-state index is -0.436. The Bertz CT molecular complexity index is 739. The number of nitrogens with one attached hydrogen (secondary N) is 1. The molecule has 0 aliphatic carbocycles. The summed E-state index contributed by atoms with van der Waals surface area (Å²) in [6, 6.07) is 14.6. The standard InChI is InChI=1S/C20H24N2O3/c1-5-22(14(2)3)18-11-9-15(10-12-18)19(23)21-17-8-6-7-16(13-17)20(24)25-4/h6-14H,5H2,1-4H3,(H,21,23). The van der Waals surface area contributed by atoms with Crippen LogP contribution in [0.4, 0.5) is 11.4 Å². The van der Waals surface area contributed by atoms with Crippen LogP contribution in [0.25, 0.3) is 0 Å². The lowest BCUT2D eigenvalue weighted by atomic mass is 10.1. The van der Waals surface area contributed by atoms with Crippen LogP contribution in [-0.4, -0.2) is 31.6 Å². The second-order valence-corrected chi connectivity index (χ2v) is 5.95. The van der Waals surface area contributed by atoms with Crippen molar-refractivity contribution >= 4 is 23.3 Å². The highest BCUT2D eigenvalue weighted by molar-refractivity contribution is 6.05. The number of hydrogen-bond acceptors (Lipinski definition) is 4. The van der Waals surface area contributed by atoms with Crippen molar-refractivity contribution < 1.29 is 14.3 Å². The Morgan fingerprint density at radius 3 is 2.32 bits per heavy atom. The molecule has 0 bridgehead atoms. The van der Waals surface area contributed by atoms with Gasteiger partial charge in [-0.05, 0) is 63.2 Å². The van der Waals surface area contributed by atoms with Crippen molar-refractivity contribution in [3.8, 4) is 0 Å². The molecule has 2 aromatic rings. The van der Waals surface area contributed by atoms with Crippen molar-refractivity contribution in [1.29, 1.82) is 0 Å². The third-order valence-electron chi connectivity index (χ3n) is 3.97. The van der Waals surface area contributed by atoms with Crippen LogP contribution < -0.4 is 10.2 Å². The molecule has 0 unspecified atom stereocenters. The number of methoxy groups -OCH3 is 1.